The summed E-state index contributed by atoms with van der Waals surface area (Å²) in [6.07, 6.45) is 0.670. The number of esters is 1. The lowest BCUT2D eigenvalue weighted by Crippen LogP contribution is -2.06. The van der Waals surface area contributed by atoms with Crippen LogP contribution in [0.4, 0.5) is 0 Å². The summed E-state index contributed by atoms with van der Waals surface area (Å²) in [5.41, 5.74) is 1.69. The minimum Gasteiger partial charge on any atom is -0.469 e. The summed E-state index contributed by atoms with van der Waals surface area (Å²) < 4.78 is 4.52. The number of ketones is 1. The summed E-state index contributed by atoms with van der Waals surface area (Å²) in [5, 5.41) is 0. The van der Waals surface area contributed by atoms with Crippen molar-refractivity contribution in [3.05, 3.63) is 11.1 Å². The van der Waals surface area contributed by atoms with Crippen LogP contribution >= 0.6 is 0 Å². The lowest BCUT2D eigenvalue weighted by Gasteiger charge is -2.02. The van der Waals surface area contributed by atoms with Crippen LogP contribution in [0.15, 0.2) is 11.1 Å². The first-order valence-electron chi connectivity index (χ1n) is 4.36. The van der Waals surface area contributed by atoms with Crippen LogP contribution in [0.3, 0.4) is 0 Å². The van der Waals surface area contributed by atoms with E-state index < -0.39 is 0 Å². The summed E-state index contributed by atoms with van der Waals surface area (Å²) in [5.74, 6) is 0.0411. The normalized spacial score (nSPS) is 22.4. The molecule has 1 aliphatic rings. The molecule has 0 N–H and O–H groups in total. The fourth-order valence-electron chi connectivity index (χ4n) is 1.53. The van der Waals surface area contributed by atoms with E-state index in [-0.39, 0.29) is 24.1 Å². The molecule has 13 heavy (non-hydrogen) atoms. The SMILES string of the molecule is COC(=O)CC1=C(C)C(C)CC1=O. The smallest absolute Gasteiger partial charge is 0.310 e. The van der Waals surface area contributed by atoms with Crippen LogP contribution in [-0.2, 0) is 14.3 Å². The van der Waals surface area contributed by atoms with Crippen LogP contribution in [0.25, 0.3) is 0 Å². The predicted molar refractivity (Wildman–Crippen MR) is 48.1 cm³/mol. The second kappa shape index (κ2) is 3.73. The van der Waals surface area contributed by atoms with Crippen molar-refractivity contribution in [1.82, 2.24) is 0 Å². The van der Waals surface area contributed by atoms with E-state index in [1.807, 2.05) is 13.8 Å². The van der Waals surface area contributed by atoms with Crippen molar-refractivity contribution in [3.63, 3.8) is 0 Å². The Hall–Kier alpha value is -1.12. The van der Waals surface area contributed by atoms with Gasteiger partial charge < -0.3 is 4.74 Å². The minimum absolute atomic E-state index is 0.0930. The zero-order valence-electron chi connectivity index (χ0n) is 8.22. The van der Waals surface area contributed by atoms with Gasteiger partial charge in [0.1, 0.15) is 0 Å². The number of rotatable bonds is 2. The Morgan fingerprint density at radius 3 is 2.62 bits per heavy atom. The van der Waals surface area contributed by atoms with Crippen LogP contribution in [0.2, 0.25) is 0 Å². The van der Waals surface area contributed by atoms with Crippen molar-refractivity contribution >= 4 is 11.8 Å². The van der Waals surface area contributed by atoms with Crippen LogP contribution in [0.1, 0.15) is 26.7 Å². The van der Waals surface area contributed by atoms with E-state index >= 15 is 0 Å². The number of methoxy groups -OCH3 is 1. The Morgan fingerprint density at radius 1 is 1.62 bits per heavy atom. The molecule has 1 rings (SSSR count). The lowest BCUT2D eigenvalue weighted by atomic mass is 10.0. The van der Waals surface area contributed by atoms with Gasteiger partial charge in [0.2, 0.25) is 0 Å². The molecular formula is C10H14O3. The largest absolute Gasteiger partial charge is 0.469 e. The van der Waals surface area contributed by atoms with Crippen molar-refractivity contribution in [2.45, 2.75) is 26.7 Å². The average Bonchev–Trinajstić information content (AvgIpc) is 2.32. The molecule has 0 saturated carbocycles. The molecule has 0 amide bonds. The molecule has 3 heteroatoms. The number of carbonyl (C=O) groups excluding carboxylic acids is 2. The van der Waals surface area contributed by atoms with Gasteiger partial charge in [0.05, 0.1) is 13.5 Å². The topological polar surface area (TPSA) is 43.4 Å². The van der Waals surface area contributed by atoms with E-state index in [1.165, 1.54) is 7.11 Å². The van der Waals surface area contributed by atoms with Crippen molar-refractivity contribution in [2.75, 3.05) is 7.11 Å². The maximum Gasteiger partial charge on any atom is 0.310 e. The Kier molecular flexibility index (Phi) is 2.86. The second-order valence-electron chi connectivity index (χ2n) is 3.44. The number of carbonyl (C=O) groups is 2. The number of allylic oxidation sites excluding steroid dienone is 1. The fraction of sp³-hybridized carbons (Fsp3) is 0.600. The van der Waals surface area contributed by atoms with E-state index in [4.69, 9.17) is 0 Å². The molecule has 1 aliphatic carbocycles. The molecule has 72 valence electrons. The second-order valence-corrected chi connectivity index (χ2v) is 3.44. The van der Waals surface area contributed by atoms with Gasteiger partial charge >= 0.3 is 5.97 Å². The van der Waals surface area contributed by atoms with Gasteiger partial charge in [-0.05, 0) is 12.8 Å². The molecule has 3 nitrogen and oxygen atoms in total. The van der Waals surface area contributed by atoms with Gasteiger partial charge in [-0.2, -0.15) is 0 Å². The number of hydrogen-bond donors (Lipinski definition) is 0. The van der Waals surface area contributed by atoms with E-state index in [9.17, 15) is 9.59 Å². The van der Waals surface area contributed by atoms with Crippen molar-refractivity contribution < 1.29 is 14.3 Å². The first-order valence-corrected chi connectivity index (χ1v) is 4.36. The van der Waals surface area contributed by atoms with Crippen LogP contribution in [-0.4, -0.2) is 18.9 Å². The molecule has 0 aromatic heterocycles. The number of Topliss-reactive ketones (excluding diaryl/α,β-unsaturated/α-hetero) is 1. The summed E-state index contributed by atoms with van der Waals surface area (Å²) in [6, 6.07) is 0. The predicted octanol–water partition coefficient (Wildman–Crippen LogP) is 1.47. The molecule has 0 radical (unpaired) electrons. The number of hydrogen-bond acceptors (Lipinski definition) is 3. The molecule has 0 aromatic rings. The molecule has 0 aromatic carbocycles. The summed E-state index contributed by atoms with van der Waals surface area (Å²) in [7, 11) is 1.33. The summed E-state index contributed by atoms with van der Waals surface area (Å²) in [6.45, 7) is 3.91. The van der Waals surface area contributed by atoms with Gasteiger partial charge in [0.25, 0.3) is 0 Å². The molecule has 0 bridgehead atoms. The molecule has 0 fully saturated rings. The van der Waals surface area contributed by atoms with Gasteiger partial charge in [0.15, 0.2) is 5.78 Å². The van der Waals surface area contributed by atoms with Crippen molar-refractivity contribution in [2.24, 2.45) is 5.92 Å². The molecule has 1 atom stereocenters. The zero-order valence-corrected chi connectivity index (χ0v) is 8.22. The monoisotopic (exact) mass is 182 g/mol. The third-order valence-corrected chi connectivity index (χ3v) is 2.59. The third-order valence-electron chi connectivity index (χ3n) is 2.59. The highest BCUT2D eigenvalue weighted by molar-refractivity contribution is 6.02. The quantitative estimate of drug-likeness (QED) is 0.607. The van der Waals surface area contributed by atoms with E-state index in [1.54, 1.807) is 0 Å². The summed E-state index contributed by atoms with van der Waals surface area (Å²) in [4.78, 5) is 22.3. The lowest BCUT2D eigenvalue weighted by molar-refractivity contribution is -0.140. The average molecular weight is 182 g/mol. The van der Waals surface area contributed by atoms with E-state index in [0.29, 0.717) is 12.0 Å². The molecule has 1 unspecified atom stereocenters. The van der Waals surface area contributed by atoms with Crippen LogP contribution in [0, 0.1) is 5.92 Å². The van der Waals surface area contributed by atoms with Crippen LogP contribution < -0.4 is 0 Å². The van der Waals surface area contributed by atoms with Crippen LogP contribution in [0.5, 0.6) is 0 Å². The van der Waals surface area contributed by atoms with Gasteiger partial charge in [-0.3, -0.25) is 9.59 Å². The Bertz CT molecular complexity index is 276. The van der Waals surface area contributed by atoms with Gasteiger partial charge in [-0.15, -0.1) is 0 Å². The molecule has 0 aliphatic heterocycles. The Balaban J connectivity index is 2.78. The highest BCUT2D eigenvalue weighted by atomic mass is 16.5. The van der Waals surface area contributed by atoms with E-state index in [2.05, 4.69) is 4.74 Å². The standard InChI is InChI=1S/C10H14O3/c1-6-4-9(11)8(7(6)2)5-10(12)13-3/h6H,4-5H2,1-3H3. The van der Waals surface area contributed by atoms with E-state index in [0.717, 1.165) is 5.57 Å². The summed E-state index contributed by atoms with van der Waals surface area (Å²) >= 11 is 0. The van der Waals surface area contributed by atoms with Gasteiger partial charge in [0, 0.05) is 12.0 Å². The zero-order chi connectivity index (χ0) is 10.0. The number of ether oxygens (including phenoxy) is 1. The molecule has 0 saturated heterocycles. The molecular weight excluding hydrogens is 168 g/mol. The Morgan fingerprint density at radius 2 is 2.23 bits per heavy atom. The van der Waals surface area contributed by atoms with Crippen molar-refractivity contribution in [1.29, 1.82) is 0 Å². The Labute approximate surface area is 77.8 Å². The first-order chi connectivity index (χ1) is 6.06. The molecule has 0 spiro atoms. The fourth-order valence-corrected chi connectivity index (χ4v) is 1.53. The van der Waals surface area contributed by atoms with Gasteiger partial charge in [-0.1, -0.05) is 12.5 Å². The molecule has 0 heterocycles. The minimum atomic E-state index is -0.336. The highest BCUT2D eigenvalue weighted by Gasteiger charge is 2.27. The maximum absolute atomic E-state index is 11.4. The third kappa shape index (κ3) is 1.97. The first kappa shape index (κ1) is 9.96. The van der Waals surface area contributed by atoms with Gasteiger partial charge in [-0.25, -0.2) is 0 Å². The highest BCUT2D eigenvalue weighted by Crippen LogP contribution is 2.30. The van der Waals surface area contributed by atoms with Crippen molar-refractivity contribution in [3.8, 4) is 0 Å². The maximum atomic E-state index is 11.4.